The zero-order valence-corrected chi connectivity index (χ0v) is 8.25. The highest BCUT2D eigenvalue weighted by Gasteiger charge is 2.11. The number of allylic oxidation sites excluding steroid dienone is 2. The molecule has 0 aliphatic heterocycles. The average Bonchev–Trinajstić information content (AvgIpc) is 2.45. The van der Waals surface area contributed by atoms with Crippen LogP contribution in [-0.2, 0) is 6.42 Å². The molecular weight excluding hydrogens is 172 g/mol. The summed E-state index contributed by atoms with van der Waals surface area (Å²) in [6.45, 7) is 1.99. The minimum absolute atomic E-state index is 0.813. The number of rotatable bonds is 1. The topological polar surface area (TPSA) is 52.0 Å². The van der Waals surface area contributed by atoms with Gasteiger partial charge in [0, 0.05) is 17.8 Å². The largest absolute Gasteiger partial charge is 0.402 e. The third-order valence-electron chi connectivity index (χ3n) is 2.43. The predicted molar refractivity (Wildman–Crippen MR) is 61.4 cm³/mol. The van der Waals surface area contributed by atoms with Gasteiger partial charge in [-0.2, -0.15) is 0 Å². The van der Waals surface area contributed by atoms with E-state index in [9.17, 15) is 0 Å². The Kier molecular flexibility index (Phi) is 2.04. The Morgan fingerprint density at radius 1 is 1.29 bits per heavy atom. The summed E-state index contributed by atoms with van der Waals surface area (Å²) < 4.78 is 0. The third kappa shape index (κ3) is 1.39. The highest BCUT2D eigenvalue weighted by molar-refractivity contribution is 5.74. The van der Waals surface area contributed by atoms with Crippen LogP contribution in [0, 0.1) is 0 Å². The summed E-state index contributed by atoms with van der Waals surface area (Å²) in [6.07, 6.45) is 6.85. The molecule has 0 aromatic heterocycles. The zero-order valence-electron chi connectivity index (χ0n) is 8.25. The van der Waals surface area contributed by atoms with Crippen molar-refractivity contribution in [1.29, 1.82) is 0 Å². The first kappa shape index (κ1) is 8.88. The fourth-order valence-corrected chi connectivity index (χ4v) is 1.78. The van der Waals surface area contributed by atoms with Gasteiger partial charge in [0.05, 0.1) is 0 Å². The summed E-state index contributed by atoms with van der Waals surface area (Å²) >= 11 is 0. The number of benzene rings is 1. The standard InChI is InChI=1S/C12H14N2/c1-2-3-8-4-9-5-11(13)6-10(9)7-12(8)14/h2-4,6-7H,5,13-14H2,1H3/b3-2+. The van der Waals surface area contributed by atoms with Crippen LogP contribution in [-0.4, -0.2) is 0 Å². The van der Waals surface area contributed by atoms with Gasteiger partial charge in [-0.3, -0.25) is 0 Å². The van der Waals surface area contributed by atoms with E-state index in [0.717, 1.165) is 28.9 Å². The maximum atomic E-state index is 5.90. The summed E-state index contributed by atoms with van der Waals surface area (Å²) in [4.78, 5) is 0. The molecule has 0 fully saturated rings. The van der Waals surface area contributed by atoms with E-state index in [4.69, 9.17) is 11.5 Å². The zero-order chi connectivity index (χ0) is 10.1. The summed E-state index contributed by atoms with van der Waals surface area (Å²) in [5.41, 5.74) is 16.9. The van der Waals surface area contributed by atoms with Crippen molar-refractivity contribution in [1.82, 2.24) is 0 Å². The average molecular weight is 186 g/mol. The van der Waals surface area contributed by atoms with Crippen molar-refractivity contribution in [3.63, 3.8) is 0 Å². The summed E-state index contributed by atoms with van der Waals surface area (Å²) in [7, 11) is 0. The molecule has 14 heavy (non-hydrogen) atoms. The number of nitrogen functional groups attached to an aromatic ring is 1. The molecule has 0 bridgehead atoms. The van der Waals surface area contributed by atoms with E-state index in [1.54, 1.807) is 0 Å². The van der Waals surface area contributed by atoms with Crippen molar-refractivity contribution in [2.45, 2.75) is 13.3 Å². The molecule has 72 valence electrons. The molecule has 1 aromatic carbocycles. The Hall–Kier alpha value is -1.70. The normalized spacial score (nSPS) is 14.5. The van der Waals surface area contributed by atoms with Crippen LogP contribution in [0.4, 0.5) is 5.69 Å². The molecule has 0 amide bonds. The molecule has 4 N–H and O–H groups in total. The highest BCUT2D eigenvalue weighted by Crippen LogP contribution is 2.27. The lowest BCUT2D eigenvalue weighted by Crippen LogP contribution is -1.96. The van der Waals surface area contributed by atoms with Crippen molar-refractivity contribution in [3.05, 3.63) is 40.6 Å². The molecule has 1 aromatic rings. The Bertz CT molecular complexity index is 428. The maximum absolute atomic E-state index is 5.90. The minimum Gasteiger partial charge on any atom is -0.402 e. The lowest BCUT2D eigenvalue weighted by Gasteiger charge is -2.04. The van der Waals surface area contributed by atoms with Gasteiger partial charge in [0.1, 0.15) is 0 Å². The molecule has 0 saturated carbocycles. The predicted octanol–water partition coefficient (Wildman–Crippen LogP) is 2.16. The van der Waals surface area contributed by atoms with Gasteiger partial charge in [0.25, 0.3) is 0 Å². The van der Waals surface area contributed by atoms with Crippen LogP contribution in [0.15, 0.2) is 23.9 Å². The molecular formula is C12H14N2. The van der Waals surface area contributed by atoms with Crippen molar-refractivity contribution in [2.75, 3.05) is 5.73 Å². The van der Waals surface area contributed by atoms with Crippen LogP contribution in [0.5, 0.6) is 0 Å². The monoisotopic (exact) mass is 186 g/mol. The molecule has 0 radical (unpaired) electrons. The van der Waals surface area contributed by atoms with Gasteiger partial charge < -0.3 is 11.5 Å². The lowest BCUT2D eigenvalue weighted by atomic mass is 10.0. The molecule has 0 heterocycles. The van der Waals surface area contributed by atoms with Gasteiger partial charge in [-0.15, -0.1) is 0 Å². The SMILES string of the molecule is C/C=C/c1cc2c(cc1N)C=C(N)C2. The first-order chi connectivity index (χ1) is 6.70. The maximum Gasteiger partial charge on any atom is 0.0393 e. The van der Waals surface area contributed by atoms with Crippen molar-refractivity contribution in [2.24, 2.45) is 5.73 Å². The van der Waals surface area contributed by atoms with Gasteiger partial charge in [-0.1, -0.05) is 12.2 Å². The van der Waals surface area contributed by atoms with E-state index < -0.39 is 0 Å². The summed E-state index contributed by atoms with van der Waals surface area (Å²) in [6, 6.07) is 4.10. The van der Waals surface area contributed by atoms with Crippen LogP contribution >= 0.6 is 0 Å². The molecule has 2 nitrogen and oxygen atoms in total. The lowest BCUT2D eigenvalue weighted by molar-refractivity contribution is 1.16. The quantitative estimate of drug-likeness (QED) is 0.660. The van der Waals surface area contributed by atoms with Gasteiger partial charge in [-0.05, 0) is 41.8 Å². The molecule has 0 atom stereocenters. The smallest absolute Gasteiger partial charge is 0.0393 e. The second-order valence-electron chi connectivity index (χ2n) is 3.58. The fourth-order valence-electron chi connectivity index (χ4n) is 1.78. The molecule has 0 spiro atoms. The van der Waals surface area contributed by atoms with E-state index in [0.29, 0.717) is 0 Å². The second kappa shape index (κ2) is 3.22. The highest BCUT2D eigenvalue weighted by atomic mass is 14.6. The van der Waals surface area contributed by atoms with Crippen molar-refractivity contribution in [3.8, 4) is 0 Å². The van der Waals surface area contributed by atoms with E-state index in [1.807, 2.05) is 31.2 Å². The molecule has 1 aliphatic rings. The molecule has 1 aliphatic carbocycles. The number of fused-ring (bicyclic) bond motifs is 1. The van der Waals surface area contributed by atoms with Gasteiger partial charge in [0.15, 0.2) is 0 Å². The molecule has 0 saturated heterocycles. The Balaban J connectivity index is 2.50. The van der Waals surface area contributed by atoms with E-state index in [-0.39, 0.29) is 0 Å². The van der Waals surface area contributed by atoms with Crippen LogP contribution in [0.2, 0.25) is 0 Å². The van der Waals surface area contributed by atoms with Crippen LogP contribution in [0.25, 0.3) is 12.2 Å². The minimum atomic E-state index is 0.813. The summed E-state index contributed by atoms with van der Waals surface area (Å²) in [5, 5.41) is 0. The van der Waals surface area contributed by atoms with Gasteiger partial charge in [-0.25, -0.2) is 0 Å². The Morgan fingerprint density at radius 3 is 2.79 bits per heavy atom. The second-order valence-corrected chi connectivity index (χ2v) is 3.58. The number of hydrogen-bond donors (Lipinski definition) is 2. The number of nitrogens with two attached hydrogens (primary N) is 2. The van der Waals surface area contributed by atoms with Crippen LogP contribution < -0.4 is 11.5 Å². The molecule has 0 unspecified atom stereocenters. The first-order valence-electron chi connectivity index (χ1n) is 4.72. The first-order valence-corrected chi connectivity index (χ1v) is 4.72. The van der Waals surface area contributed by atoms with Crippen LogP contribution in [0.3, 0.4) is 0 Å². The van der Waals surface area contributed by atoms with E-state index in [1.165, 1.54) is 5.56 Å². The Morgan fingerprint density at radius 2 is 2.07 bits per heavy atom. The molecule has 2 heteroatoms. The third-order valence-corrected chi connectivity index (χ3v) is 2.43. The molecule has 2 rings (SSSR count). The summed E-state index contributed by atoms with van der Waals surface area (Å²) in [5.74, 6) is 0. The number of anilines is 1. The van der Waals surface area contributed by atoms with Gasteiger partial charge in [0.2, 0.25) is 0 Å². The fraction of sp³-hybridized carbons (Fsp3) is 0.167. The van der Waals surface area contributed by atoms with Crippen LogP contribution in [0.1, 0.15) is 23.6 Å². The van der Waals surface area contributed by atoms with E-state index in [2.05, 4.69) is 6.07 Å². The van der Waals surface area contributed by atoms with Crippen molar-refractivity contribution < 1.29 is 0 Å². The Labute approximate surface area is 83.9 Å². The van der Waals surface area contributed by atoms with Gasteiger partial charge >= 0.3 is 0 Å². The number of hydrogen-bond acceptors (Lipinski definition) is 2. The van der Waals surface area contributed by atoms with Crippen molar-refractivity contribution >= 4 is 17.8 Å². The van der Waals surface area contributed by atoms with E-state index >= 15 is 0 Å².